The van der Waals surface area contributed by atoms with Crippen LogP contribution in [0.5, 0.6) is 6.01 Å². The van der Waals surface area contributed by atoms with Gasteiger partial charge >= 0.3 is 6.01 Å². The van der Waals surface area contributed by atoms with E-state index in [0.717, 1.165) is 0 Å². The predicted molar refractivity (Wildman–Crippen MR) is 89.4 cm³/mol. The van der Waals surface area contributed by atoms with Crippen molar-refractivity contribution in [1.29, 1.82) is 0 Å². The molecule has 2 rings (SSSR count). The van der Waals surface area contributed by atoms with Crippen molar-refractivity contribution in [1.82, 2.24) is 9.97 Å². The molecular formula is C16H17F2N5O2. The maximum absolute atomic E-state index is 12.7. The number of halogens is 2. The van der Waals surface area contributed by atoms with E-state index < -0.39 is 6.43 Å². The number of rotatable bonds is 8. The van der Waals surface area contributed by atoms with Crippen LogP contribution in [-0.2, 0) is 11.3 Å². The molecule has 1 heterocycles. The Bertz CT molecular complexity index is 753. The van der Waals surface area contributed by atoms with Gasteiger partial charge in [-0.1, -0.05) is 12.1 Å². The highest BCUT2D eigenvalue weighted by atomic mass is 19.3. The first kappa shape index (κ1) is 18.4. The van der Waals surface area contributed by atoms with Crippen molar-refractivity contribution in [3.8, 4) is 6.01 Å². The summed E-state index contributed by atoms with van der Waals surface area (Å²) >= 11 is 0. The van der Waals surface area contributed by atoms with E-state index in [0.29, 0.717) is 23.7 Å². The first-order valence-corrected chi connectivity index (χ1v) is 7.25. The molecule has 0 unspecified atom stereocenters. The second kappa shape index (κ2) is 9.38. The van der Waals surface area contributed by atoms with Crippen molar-refractivity contribution in [3.05, 3.63) is 47.8 Å². The van der Waals surface area contributed by atoms with E-state index in [9.17, 15) is 8.78 Å². The van der Waals surface area contributed by atoms with Gasteiger partial charge in [-0.15, -0.1) is 0 Å². The molecule has 1 aromatic carbocycles. The number of aliphatic imine (C=N–C) groups is 1. The Hall–Kier alpha value is -2.94. The molecule has 0 aliphatic rings. The molecule has 2 aromatic rings. The molecular weight excluding hydrogens is 332 g/mol. The molecule has 0 amide bonds. The quantitative estimate of drug-likeness (QED) is 0.449. The summed E-state index contributed by atoms with van der Waals surface area (Å²) in [6.45, 7) is 0.309. The summed E-state index contributed by atoms with van der Waals surface area (Å²) in [6, 6.07) is 7.55. The fourth-order valence-corrected chi connectivity index (χ4v) is 1.81. The average molecular weight is 349 g/mol. The number of alkyl halides is 2. The molecule has 0 bridgehead atoms. The van der Waals surface area contributed by atoms with Gasteiger partial charge in [0.25, 0.3) is 6.43 Å². The fraction of sp³-hybridized carbons (Fsp3) is 0.250. The molecule has 0 fully saturated rings. The van der Waals surface area contributed by atoms with Crippen molar-refractivity contribution in [3.63, 3.8) is 0 Å². The lowest BCUT2D eigenvalue weighted by Crippen LogP contribution is -2.16. The largest absolute Gasteiger partial charge is 0.457 e. The van der Waals surface area contributed by atoms with Crippen LogP contribution in [0.3, 0.4) is 0 Å². The van der Waals surface area contributed by atoms with Crippen LogP contribution < -0.4 is 10.6 Å². The number of nitrogens with two attached hydrogens (primary N) is 1. The second-order valence-corrected chi connectivity index (χ2v) is 4.83. The summed E-state index contributed by atoms with van der Waals surface area (Å²) in [5.41, 5.74) is 1.21. The third-order valence-corrected chi connectivity index (χ3v) is 2.98. The molecule has 7 nitrogen and oxygen atoms in total. The van der Waals surface area contributed by atoms with Crippen LogP contribution in [0.15, 0.2) is 46.6 Å². The number of hydrazone groups is 1. The van der Waals surface area contributed by atoms with Gasteiger partial charge in [0, 0.05) is 18.9 Å². The molecule has 0 spiro atoms. The minimum atomic E-state index is -2.56. The number of hydrogen-bond acceptors (Lipinski definition) is 7. The Morgan fingerprint density at radius 3 is 2.92 bits per heavy atom. The van der Waals surface area contributed by atoms with Crippen molar-refractivity contribution in [2.75, 3.05) is 13.7 Å². The van der Waals surface area contributed by atoms with E-state index in [1.165, 1.54) is 24.4 Å². The summed E-state index contributed by atoms with van der Waals surface area (Å²) < 4.78 is 35.7. The molecule has 2 N–H and O–H groups in total. The minimum Gasteiger partial charge on any atom is -0.457 e. The smallest absolute Gasteiger partial charge is 0.317 e. The molecule has 0 atom stereocenters. The van der Waals surface area contributed by atoms with Crippen molar-refractivity contribution < 1.29 is 18.3 Å². The lowest BCUT2D eigenvalue weighted by Gasteiger charge is -2.05. The topological polar surface area (TPSA) is 95.0 Å². The first-order chi connectivity index (χ1) is 12.1. The fourth-order valence-electron chi connectivity index (χ4n) is 1.81. The van der Waals surface area contributed by atoms with E-state index in [-0.39, 0.29) is 18.2 Å². The van der Waals surface area contributed by atoms with Gasteiger partial charge in [0.1, 0.15) is 12.3 Å². The van der Waals surface area contributed by atoms with Crippen molar-refractivity contribution >= 4 is 17.6 Å². The standard InChI is InChI=1S/C16H17F2N5O2/c1-24-9-13-5-6-20-16(22-13)25-10-14(23-19)8-21-12-4-2-3-11(7-12)15(17)18/h2-8,15H,9-10,19H2,1H3. The predicted octanol–water partition coefficient (Wildman–Crippen LogP) is 2.66. The van der Waals surface area contributed by atoms with Crippen LogP contribution in [-0.4, -0.2) is 35.6 Å². The molecule has 0 saturated carbocycles. The summed E-state index contributed by atoms with van der Waals surface area (Å²) in [5.74, 6) is 5.29. The van der Waals surface area contributed by atoms with Gasteiger partial charge in [-0.05, 0) is 18.2 Å². The van der Waals surface area contributed by atoms with E-state index in [1.807, 2.05) is 0 Å². The second-order valence-electron chi connectivity index (χ2n) is 4.83. The van der Waals surface area contributed by atoms with Gasteiger partial charge in [0.2, 0.25) is 0 Å². The zero-order chi connectivity index (χ0) is 18.1. The Morgan fingerprint density at radius 1 is 1.36 bits per heavy atom. The Labute approximate surface area is 143 Å². The van der Waals surface area contributed by atoms with Gasteiger partial charge in [0.05, 0.1) is 24.2 Å². The number of methoxy groups -OCH3 is 1. The van der Waals surface area contributed by atoms with Crippen LogP contribution in [0, 0.1) is 0 Å². The molecule has 9 heteroatoms. The lowest BCUT2D eigenvalue weighted by atomic mass is 10.2. The van der Waals surface area contributed by atoms with Gasteiger partial charge in [-0.3, -0.25) is 4.99 Å². The van der Waals surface area contributed by atoms with E-state index >= 15 is 0 Å². The first-order valence-electron chi connectivity index (χ1n) is 7.25. The Kier molecular flexibility index (Phi) is 6.90. The maximum Gasteiger partial charge on any atom is 0.317 e. The molecule has 1 aromatic heterocycles. The molecule has 0 saturated heterocycles. The third-order valence-electron chi connectivity index (χ3n) is 2.98. The third kappa shape index (κ3) is 5.88. The lowest BCUT2D eigenvalue weighted by molar-refractivity contribution is 0.151. The molecule has 25 heavy (non-hydrogen) atoms. The molecule has 0 radical (unpaired) electrons. The highest BCUT2D eigenvalue weighted by Gasteiger charge is 2.07. The molecule has 0 aliphatic carbocycles. The monoisotopic (exact) mass is 349 g/mol. The minimum absolute atomic E-state index is 0.0228. The maximum atomic E-state index is 12.7. The van der Waals surface area contributed by atoms with E-state index in [2.05, 4.69) is 20.1 Å². The van der Waals surface area contributed by atoms with Crippen LogP contribution in [0.2, 0.25) is 0 Å². The summed E-state index contributed by atoms with van der Waals surface area (Å²) in [6.07, 6.45) is 0.321. The van der Waals surface area contributed by atoms with Crippen LogP contribution in [0.4, 0.5) is 14.5 Å². The Morgan fingerprint density at radius 2 is 2.20 bits per heavy atom. The molecule has 0 aliphatic heterocycles. The van der Waals surface area contributed by atoms with Gasteiger partial charge < -0.3 is 15.3 Å². The number of aromatic nitrogens is 2. The van der Waals surface area contributed by atoms with E-state index in [4.69, 9.17) is 15.3 Å². The van der Waals surface area contributed by atoms with Crippen molar-refractivity contribution in [2.24, 2.45) is 15.9 Å². The number of ether oxygens (including phenoxy) is 2. The average Bonchev–Trinajstić information content (AvgIpc) is 2.63. The number of hydrogen-bond donors (Lipinski definition) is 1. The normalized spacial score (nSPS) is 12.1. The number of benzene rings is 1. The van der Waals surface area contributed by atoms with Gasteiger partial charge in [0.15, 0.2) is 0 Å². The summed E-state index contributed by atoms with van der Waals surface area (Å²) in [4.78, 5) is 12.2. The Balaban J connectivity index is 1.99. The van der Waals surface area contributed by atoms with Crippen LogP contribution in [0.1, 0.15) is 17.7 Å². The van der Waals surface area contributed by atoms with Crippen LogP contribution >= 0.6 is 0 Å². The van der Waals surface area contributed by atoms with Crippen LogP contribution in [0.25, 0.3) is 0 Å². The molecule has 132 valence electrons. The van der Waals surface area contributed by atoms with Gasteiger partial charge in [-0.25, -0.2) is 13.8 Å². The van der Waals surface area contributed by atoms with Crippen molar-refractivity contribution in [2.45, 2.75) is 13.0 Å². The highest BCUT2D eigenvalue weighted by Crippen LogP contribution is 2.22. The summed E-state index contributed by atoms with van der Waals surface area (Å²) in [7, 11) is 1.56. The number of nitrogens with zero attached hydrogens (tertiary/aromatic N) is 4. The SMILES string of the molecule is COCc1ccnc(OCC(C=Nc2cccc(C(F)F)c2)=NN)n1. The highest BCUT2D eigenvalue weighted by molar-refractivity contribution is 6.31. The zero-order valence-electron chi connectivity index (χ0n) is 13.5. The summed E-state index contributed by atoms with van der Waals surface area (Å²) in [5, 5.41) is 3.55. The van der Waals surface area contributed by atoms with Gasteiger partial charge in [-0.2, -0.15) is 10.1 Å². The zero-order valence-corrected chi connectivity index (χ0v) is 13.5. The van der Waals surface area contributed by atoms with E-state index in [1.54, 1.807) is 25.4 Å².